The van der Waals surface area contributed by atoms with Crippen molar-refractivity contribution in [3.63, 3.8) is 0 Å². The van der Waals surface area contributed by atoms with Gasteiger partial charge in [0.25, 0.3) is 5.56 Å². The molecule has 27 heavy (non-hydrogen) atoms. The van der Waals surface area contributed by atoms with Crippen LogP contribution in [-0.4, -0.2) is 33.4 Å². The molecule has 0 unspecified atom stereocenters. The number of ketones is 1. The first-order valence-corrected chi connectivity index (χ1v) is 8.68. The minimum atomic E-state index is -0.450. The number of carbonyl (C=O) groups is 1. The Morgan fingerprint density at radius 3 is 2.70 bits per heavy atom. The second-order valence-electron chi connectivity index (χ2n) is 6.38. The third kappa shape index (κ3) is 3.48. The molecule has 1 aliphatic rings. The number of carbonyl (C=O) groups excluding carboxylic acids is 1. The molecule has 3 aromatic rings. The van der Waals surface area contributed by atoms with E-state index in [1.54, 1.807) is 40.1 Å². The van der Waals surface area contributed by atoms with Crippen LogP contribution in [0, 0.1) is 5.82 Å². The number of rotatable bonds is 4. The van der Waals surface area contributed by atoms with Gasteiger partial charge in [-0.2, -0.15) is 0 Å². The van der Waals surface area contributed by atoms with Crippen LogP contribution in [0.4, 0.5) is 10.3 Å². The van der Waals surface area contributed by atoms with Crippen molar-refractivity contribution in [3.05, 3.63) is 76.6 Å². The molecule has 1 aliphatic heterocycles. The fraction of sp³-hybridized carbons (Fsp3) is 0.200. The molecule has 3 heterocycles. The summed E-state index contributed by atoms with van der Waals surface area (Å²) in [6.07, 6.45) is 4.01. The van der Waals surface area contributed by atoms with Crippen LogP contribution < -0.4 is 10.5 Å². The third-order valence-electron chi connectivity index (χ3n) is 4.54. The number of benzene rings is 1. The molecular weight excluding hydrogens is 347 g/mol. The summed E-state index contributed by atoms with van der Waals surface area (Å²) in [4.78, 5) is 35.5. The SMILES string of the molecule is O=C(CN1CCCn2c1nc(-c1ccncc1)cc2=O)c1cccc(F)c1. The van der Waals surface area contributed by atoms with Crippen molar-refractivity contribution in [2.45, 2.75) is 13.0 Å². The van der Waals surface area contributed by atoms with E-state index in [9.17, 15) is 14.0 Å². The Labute approximate surface area is 154 Å². The highest BCUT2D eigenvalue weighted by Crippen LogP contribution is 2.22. The summed E-state index contributed by atoms with van der Waals surface area (Å²) in [6.45, 7) is 1.20. The van der Waals surface area contributed by atoms with Gasteiger partial charge in [0.1, 0.15) is 5.82 Å². The van der Waals surface area contributed by atoms with E-state index in [0.29, 0.717) is 30.3 Å². The van der Waals surface area contributed by atoms with Gasteiger partial charge in [-0.1, -0.05) is 12.1 Å². The highest BCUT2D eigenvalue weighted by Gasteiger charge is 2.23. The number of aromatic nitrogens is 3. The molecule has 0 fully saturated rings. The zero-order valence-electron chi connectivity index (χ0n) is 14.5. The predicted molar refractivity (Wildman–Crippen MR) is 99.3 cm³/mol. The lowest BCUT2D eigenvalue weighted by molar-refractivity contribution is 0.0997. The van der Waals surface area contributed by atoms with E-state index in [0.717, 1.165) is 12.0 Å². The van der Waals surface area contributed by atoms with Crippen molar-refractivity contribution < 1.29 is 9.18 Å². The minimum Gasteiger partial charge on any atom is -0.334 e. The standard InChI is InChI=1S/C20H17FN4O2/c21-16-4-1-3-15(11-16)18(26)13-24-9-2-10-25-19(27)12-17(23-20(24)25)14-5-7-22-8-6-14/h1,3-8,11-12H,2,9-10,13H2. The molecule has 0 spiro atoms. The summed E-state index contributed by atoms with van der Waals surface area (Å²) in [5, 5.41) is 0. The summed E-state index contributed by atoms with van der Waals surface area (Å²) in [6, 6.07) is 10.7. The van der Waals surface area contributed by atoms with Crippen LogP contribution in [0.3, 0.4) is 0 Å². The molecule has 1 aromatic carbocycles. The highest BCUT2D eigenvalue weighted by molar-refractivity contribution is 5.99. The third-order valence-corrected chi connectivity index (χ3v) is 4.54. The molecular formula is C20H17FN4O2. The van der Waals surface area contributed by atoms with Crippen LogP contribution in [0.5, 0.6) is 0 Å². The normalized spacial score (nSPS) is 13.3. The topological polar surface area (TPSA) is 68.1 Å². The molecule has 6 nitrogen and oxygen atoms in total. The van der Waals surface area contributed by atoms with Crippen LogP contribution in [0.15, 0.2) is 59.7 Å². The Kier molecular flexibility index (Phi) is 4.50. The maximum Gasteiger partial charge on any atom is 0.255 e. The fourth-order valence-electron chi connectivity index (χ4n) is 3.21. The molecule has 0 atom stereocenters. The average Bonchev–Trinajstić information content (AvgIpc) is 2.69. The molecule has 0 bridgehead atoms. The van der Waals surface area contributed by atoms with E-state index < -0.39 is 5.82 Å². The first-order chi connectivity index (χ1) is 13.1. The Morgan fingerprint density at radius 2 is 1.93 bits per heavy atom. The second-order valence-corrected chi connectivity index (χ2v) is 6.38. The van der Waals surface area contributed by atoms with Crippen molar-refractivity contribution >= 4 is 11.7 Å². The summed E-state index contributed by atoms with van der Waals surface area (Å²) in [5.74, 6) is -0.203. The minimum absolute atomic E-state index is 0.0374. The molecule has 0 saturated carbocycles. The molecule has 7 heteroatoms. The van der Waals surface area contributed by atoms with Gasteiger partial charge < -0.3 is 4.90 Å². The van der Waals surface area contributed by atoms with Crippen molar-refractivity contribution in [1.29, 1.82) is 0 Å². The lowest BCUT2D eigenvalue weighted by atomic mass is 10.1. The zero-order chi connectivity index (χ0) is 18.8. The average molecular weight is 364 g/mol. The van der Waals surface area contributed by atoms with Gasteiger partial charge in [-0.3, -0.25) is 19.1 Å². The predicted octanol–water partition coefficient (Wildman–Crippen LogP) is 2.54. The van der Waals surface area contributed by atoms with Crippen LogP contribution in [0.2, 0.25) is 0 Å². The quantitative estimate of drug-likeness (QED) is 0.666. The summed E-state index contributed by atoms with van der Waals surface area (Å²) < 4.78 is 15.0. The van der Waals surface area contributed by atoms with Gasteiger partial charge in [-0.15, -0.1) is 0 Å². The van der Waals surface area contributed by atoms with Gasteiger partial charge in [0.15, 0.2) is 5.78 Å². The number of anilines is 1. The van der Waals surface area contributed by atoms with Crippen LogP contribution >= 0.6 is 0 Å². The Balaban J connectivity index is 1.69. The van der Waals surface area contributed by atoms with Gasteiger partial charge in [-0.25, -0.2) is 9.37 Å². The van der Waals surface area contributed by atoms with Gasteiger partial charge >= 0.3 is 0 Å². The smallest absolute Gasteiger partial charge is 0.255 e. The monoisotopic (exact) mass is 364 g/mol. The van der Waals surface area contributed by atoms with E-state index in [2.05, 4.69) is 9.97 Å². The fourth-order valence-corrected chi connectivity index (χ4v) is 3.21. The number of Topliss-reactive ketones (excluding diaryl/α,β-unsaturated/α-hetero) is 1. The number of pyridine rings is 1. The maximum atomic E-state index is 13.4. The first kappa shape index (κ1) is 17.1. The molecule has 2 aromatic heterocycles. The Hall–Kier alpha value is -3.35. The van der Waals surface area contributed by atoms with Crippen molar-refractivity contribution in [2.75, 3.05) is 18.0 Å². The highest BCUT2D eigenvalue weighted by atomic mass is 19.1. The maximum absolute atomic E-state index is 13.4. The van der Waals surface area contributed by atoms with E-state index in [4.69, 9.17) is 0 Å². The Morgan fingerprint density at radius 1 is 1.11 bits per heavy atom. The summed E-state index contributed by atoms with van der Waals surface area (Å²) >= 11 is 0. The molecule has 136 valence electrons. The number of fused-ring (bicyclic) bond motifs is 1. The van der Waals surface area contributed by atoms with E-state index in [-0.39, 0.29) is 17.9 Å². The lowest BCUT2D eigenvalue weighted by Crippen LogP contribution is -2.41. The molecule has 0 amide bonds. The second kappa shape index (κ2) is 7.11. The van der Waals surface area contributed by atoms with Crippen molar-refractivity contribution in [1.82, 2.24) is 14.5 Å². The molecule has 0 radical (unpaired) electrons. The lowest BCUT2D eigenvalue weighted by Gasteiger charge is -2.30. The molecule has 0 N–H and O–H groups in total. The largest absolute Gasteiger partial charge is 0.334 e. The summed E-state index contributed by atoms with van der Waals surface area (Å²) in [7, 11) is 0. The van der Waals surface area contributed by atoms with Crippen LogP contribution in [-0.2, 0) is 6.54 Å². The number of hydrogen-bond acceptors (Lipinski definition) is 5. The van der Waals surface area contributed by atoms with E-state index >= 15 is 0 Å². The van der Waals surface area contributed by atoms with E-state index in [1.807, 2.05) is 0 Å². The summed E-state index contributed by atoms with van der Waals surface area (Å²) in [5.41, 5.74) is 1.47. The van der Waals surface area contributed by atoms with E-state index in [1.165, 1.54) is 24.3 Å². The molecule has 0 saturated heterocycles. The molecule has 0 aliphatic carbocycles. The van der Waals surface area contributed by atoms with Gasteiger partial charge in [-0.05, 0) is 30.7 Å². The molecule has 4 rings (SSSR count). The van der Waals surface area contributed by atoms with Crippen molar-refractivity contribution in [2.24, 2.45) is 0 Å². The van der Waals surface area contributed by atoms with Crippen LogP contribution in [0.1, 0.15) is 16.8 Å². The number of nitrogens with zero attached hydrogens (tertiary/aromatic N) is 4. The van der Waals surface area contributed by atoms with Crippen LogP contribution in [0.25, 0.3) is 11.3 Å². The first-order valence-electron chi connectivity index (χ1n) is 8.68. The van der Waals surface area contributed by atoms with Gasteiger partial charge in [0, 0.05) is 42.7 Å². The van der Waals surface area contributed by atoms with Gasteiger partial charge in [0.05, 0.1) is 12.2 Å². The Bertz CT molecular complexity index is 1050. The number of halogens is 1. The van der Waals surface area contributed by atoms with Gasteiger partial charge in [0.2, 0.25) is 5.95 Å². The number of hydrogen-bond donors (Lipinski definition) is 0. The zero-order valence-corrected chi connectivity index (χ0v) is 14.5. The van der Waals surface area contributed by atoms with Crippen molar-refractivity contribution in [3.8, 4) is 11.3 Å².